The summed E-state index contributed by atoms with van der Waals surface area (Å²) in [4.78, 5) is 12.4. The maximum Gasteiger partial charge on any atom is 0.251 e. The molecule has 0 unspecified atom stereocenters. The first-order valence-electron chi connectivity index (χ1n) is 8.74. The molecule has 3 rings (SSSR count). The maximum atomic E-state index is 12.4. The molecule has 0 aliphatic carbocycles. The number of carbonyl (C=O) groups is 1. The van der Waals surface area contributed by atoms with Crippen LogP contribution in [0.2, 0.25) is 0 Å². The summed E-state index contributed by atoms with van der Waals surface area (Å²) < 4.78 is 3.66. The molecule has 0 aliphatic heterocycles. The van der Waals surface area contributed by atoms with E-state index in [9.17, 15) is 4.79 Å². The highest BCUT2D eigenvalue weighted by Crippen LogP contribution is 2.17. The SMILES string of the molecule is CCn1nnnc1-c1cccc(C(=O)NCCCn2nc(C)cc2C)c1. The fourth-order valence-electron chi connectivity index (χ4n) is 2.86. The van der Waals surface area contributed by atoms with Crippen molar-refractivity contribution in [3.05, 3.63) is 47.3 Å². The Morgan fingerprint density at radius 3 is 2.77 bits per heavy atom. The summed E-state index contributed by atoms with van der Waals surface area (Å²) in [5, 5.41) is 19.0. The van der Waals surface area contributed by atoms with E-state index >= 15 is 0 Å². The predicted molar refractivity (Wildman–Crippen MR) is 97.6 cm³/mol. The molecule has 0 saturated heterocycles. The monoisotopic (exact) mass is 353 g/mol. The molecule has 0 bridgehead atoms. The van der Waals surface area contributed by atoms with Gasteiger partial charge in [-0.15, -0.1) is 5.10 Å². The number of tetrazole rings is 1. The normalized spacial score (nSPS) is 10.9. The van der Waals surface area contributed by atoms with Gasteiger partial charge in [-0.05, 0) is 55.8 Å². The van der Waals surface area contributed by atoms with Crippen LogP contribution in [0.15, 0.2) is 30.3 Å². The van der Waals surface area contributed by atoms with Crippen molar-refractivity contribution in [1.29, 1.82) is 0 Å². The van der Waals surface area contributed by atoms with Crippen molar-refractivity contribution in [3.63, 3.8) is 0 Å². The fourth-order valence-corrected chi connectivity index (χ4v) is 2.86. The molecule has 0 atom stereocenters. The molecular formula is C18H23N7O. The zero-order valence-corrected chi connectivity index (χ0v) is 15.3. The number of aromatic nitrogens is 6. The summed E-state index contributed by atoms with van der Waals surface area (Å²) in [6, 6.07) is 9.40. The lowest BCUT2D eigenvalue weighted by molar-refractivity contribution is 0.0952. The quantitative estimate of drug-likeness (QED) is 0.656. The van der Waals surface area contributed by atoms with Crippen molar-refractivity contribution in [2.45, 2.75) is 40.3 Å². The van der Waals surface area contributed by atoms with E-state index in [1.54, 1.807) is 10.7 Å². The van der Waals surface area contributed by atoms with Gasteiger partial charge in [-0.2, -0.15) is 5.10 Å². The average molecular weight is 353 g/mol. The number of nitrogens with zero attached hydrogens (tertiary/aromatic N) is 6. The van der Waals surface area contributed by atoms with E-state index in [1.165, 1.54) is 0 Å². The Hall–Kier alpha value is -3.03. The number of hydrogen-bond donors (Lipinski definition) is 1. The molecule has 136 valence electrons. The second kappa shape index (κ2) is 7.90. The van der Waals surface area contributed by atoms with Crippen molar-refractivity contribution in [3.8, 4) is 11.4 Å². The van der Waals surface area contributed by atoms with Gasteiger partial charge >= 0.3 is 0 Å². The minimum atomic E-state index is -0.101. The standard InChI is InChI=1S/C18H23N7O/c1-4-24-17(20-22-23-24)15-7-5-8-16(12-15)18(26)19-9-6-10-25-14(3)11-13(2)21-25/h5,7-8,11-12H,4,6,9-10H2,1-3H3,(H,19,26). The Kier molecular flexibility index (Phi) is 5.40. The number of aryl methyl sites for hydroxylation is 4. The Bertz CT molecular complexity index is 897. The molecule has 2 aromatic heterocycles. The first kappa shape index (κ1) is 17.8. The molecule has 0 radical (unpaired) electrons. The average Bonchev–Trinajstić information content (AvgIpc) is 3.24. The molecule has 3 aromatic rings. The topological polar surface area (TPSA) is 90.5 Å². The molecule has 8 heteroatoms. The van der Waals surface area contributed by atoms with Gasteiger partial charge in [0, 0.05) is 36.5 Å². The number of rotatable bonds is 7. The van der Waals surface area contributed by atoms with Gasteiger partial charge in [-0.3, -0.25) is 9.48 Å². The largest absolute Gasteiger partial charge is 0.352 e. The number of amides is 1. The summed E-state index contributed by atoms with van der Waals surface area (Å²) in [6.45, 7) is 8.03. The van der Waals surface area contributed by atoms with Crippen LogP contribution < -0.4 is 5.32 Å². The van der Waals surface area contributed by atoms with Crippen molar-refractivity contribution in [1.82, 2.24) is 35.3 Å². The highest BCUT2D eigenvalue weighted by molar-refractivity contribution is 5.95. The third kappa shape index (κ3) is 3.96. The molecule has 26 heavy (non-hydrogen) atoms. The highest BCUT2D eigenvalue weighted by atomic mass is 16.1. The fraction of sp³-hybridized carbons (Fsp3) is 0.389. The van der Waals surface area contributed by atoms with Gasteiger partial charge in [0.05, 0.1) is 5.69 Å². The lowest BCUT2D eigenvalue weighted by atomic mass is 10.1. The van der Waals surface area contributed by atoms with Crippen molar-refractivity contribution in [2.24, 2.45) is 0 Å². The Labute approximate surface area is 152 Å². The van der Waals surface area contributed by atoms with E-state index in [4.69, 9.17) is 0 Å². The second-order valence-corrected chi connectivity index (χ2v) is 6.16. The van der Waals surface area contributed by atoms with Gasteiger partial charge in [-0.25, -0.2) is 4.68 Å². The Morgan fingerprint density at radius 1 is 1.19 bits per heavy atom. The van der Waals surface area contributed by atoms with Crippen LogP contribution in [0.4, 0.5) is 0 Å². The summed E-state index contributed by atoms with van der Waals surface area (Å²) in [5.74, 6) is 0.558. The van der Waals surface area contributed by atoms with Crippen LogP contribution in [0.3, 0.4) is 0 Å². The molecule has 1 aromatic carbocycles. The van der Waals surface area contributed by atoms with Crippen LogP contribution in [0.5, 0.6) is 0 Å². The van der Waals surface area contributed by atoms with Crippen molar-refractivity contribution in [2.75, 3.05) is 6.54 Å². The summed E-state index contributed by atoms with van der Waals surface area (Å²) in [5.41, 5.74) is 3.57. The van der Waals surface area contributed by atoms with E-state index in [-0.39, 0.29) is 5.91 Å². The van der Waals surface area contributed by atoms with E-state index in [0.717, 1.165) is 29.9 Å². The van der Waals surface area contributed by atoms with Crippen molar-refractivity contribution >= 4 is 5.91 Å². The molecule has 0 fully saturated rings. The van der Waals surface area contributed by atoms with Crippen LogP contribution in [-0.2, 0) is 13.1 Å². The summed E-state index contributed by atoms with van der Waals surface area (Å²) in [6.07, 6.45) is 0.821. The van der Waals surface area contributed by atoms with Crippen molar-refractivity contribution < 1.29 is 4.79 Å². The number of nitrogens with one attached hydrogen (secondary N) is 1. The molecule has 0 spiro atoms. The van der Waals surface area contributed by atoms with Gasteiger partial charge in [0.15, 0.2) is 5.82 Å². The smallest absolute Gasteiger partial charge is 0.251 e. The van der Waals surface area contributed by atoms with E-state index in [0.29, 0.717) is 24.5 Å². The third-order valence-electron chi connectivity index (χ3n) is 4.15. The minimum absolute atomic E-state index is 0.101. The summed E-state index contributed by atoms with van der Waals surface area (Å²) >= 11 is 0. The molecule has 8 nitrogen and oxygen atoms in total. The van der Waals surface area contributed by atoms with Crippen LogP contribution in [-0.4, -0.2) is 42.4 Å². The minimum Gasteiger partial charge on any atom is -0.352 e. The molecule has 0 aliphatic rings. The first-order valence-corrected chi connectivity index (χ1v) is 8.74. The second-order valence-electron chi connectivity index (χ2n) is 6.16. The zero-order valence-electron chi connectivity index (χ0n) is 15.3. The van der Waals surface area contributed by atoms with Gasteiger partial charge in [0.1, 0.15) is 0 Å². The third-order valence-corrected chi connectivity index (χ3v) is 4.15. The molecule has 2 heterocycles. The van der Waals surface area contributed by atoms with E-state index < -0.39 is 0 Å². The van der Waals surface area contributed by atoms with Crippen LogP contribution in [0.25, 0.3) is 11.4 Å². The summed E-state index contributed by atoms with van der Waals surface area (Å²) in [7, 11) is 0. The van der Waals surface area contributed by atoms with E-state index in [1.807, 2.05) is 49.7 Å². The predicted octanol–water partition coefficient (Wildman–Crippen LogP) is 1.99. The van der Waals surface area contributed by atoms with Crippen LogP contribution in [0, 0.1) is 13.8 Å². The van der Waals surface area contributed by atoms with Crippen LogP contribution >= 0.6 is 0 Å². The maximum absolute atomic E-state index is 12.4. The number of hydrogen-bond acceptors (Lipinski definition) is 5. The van der Waals surface area contributed by atoms with Crippen LogP contribution in [0.1, 0.15) is 35.1 Å². The van der Waals surface area contributed by atoms with Gasteiger partial charge in [0.2, 0.25) is 0 Å². The number of benzene rings is 1. The van der Waals surface area contributed by atoms with E-state index in [2.05, 4.69) is 25.9 Å². The Balaban J connectivity index is 1.58. The Morgan fingerprint density at radius 2 is 2.04 bits per heavy atom. The lowest BCUT2D eigenvalue weighted by Gasteiger charge is -2.08. The van der Waals surface area contributed by atoms with Gasteiger partial charge in [0.25, 0.3) is 5.91 Å². The molecular weight excluding hydrogens is 330 g/mol. The first-order chi connectivity index (χ1) is 12.6. The van der Waals surface area contributed by atoms with Gasteiger partial charge < -0.3 is 5.32 Å². The number of carbonyl (C=O) groups excluding carboxylic acids is 1. The molecule has 1 amide bonds. The molecule has 1 N–H and O–H groups in total. The zero-order chi connectivity index (χ0) is 18.5. The lowest BCUT2D eigenvalue weighted by Crippen LogP contribution is -2.25. The highest BCUT2D eigenvalue weighted by Gasteiger charge is 2.11. The van der Waals surface area contributed by atoms with Gasteiger partial charge in [-0.1, -0.05) is 12.1 Å². The molecule has 0 saturated carbocycles.